The number of nitrogen functional groups attached to an aromatic ring is 2. The van der Waals surface area contributed by atoms with E-state index in [0.717, 1.165) is 20.1 Å². The first-order valence-corrected chi connectivity index (χ1v) is 14.3. The highest BCUT2D eigenvalue weighted by Crippen LogP contribution is 2.31. The number of benzene rings is 2. The lowest BCUT2D eigenvalue weighted by Gasteiger charge is -2.23. The molecule has 0 aliphatic rings. The lowest BCUT2D eigenvalue weighted by molar-refractivity contribution is -0.135. The first-order chi connectivity index (χ1) is 18.9. The number of pyridine rings is 2. The molecule has 0 saturated carbocycles. The zero-order chi connectivity index (χ0) is 29.0. The fourth-order valence-corrected chi connectivity index (χ4v) is 6.23. The quantitative estimate of drug-likeness (QED) is 0.198. The van der Waals surface area contributed by atoms with Crippen LogP contribution in [0.4, 0.5) is 17.1 Å². The Morgan fingerprint density at radius 2 is 1.57 bits per heavy atom. The van der Waals surface area contributed by atoms with Crippen LogP contribution in [0.3, 0.4) is 0 Å². The van der Waals surface area contributed by atoms with E-state index in [1.54, 1.807) is 65.6 Å². The SMILES string of the molecule is Nc1ccnc(-n2ccc3cc(N(CC(=O)O)S(=O)(=O)c4cc(Cl)cc(Cl)c4)ccc32)c1.Nc1ccnc(Br)c1. The Kier molecular flexibility index (Phi) is 8.84. The molecule has 3 aromatic heterocycles. The Balaban J connectivity index is 0.000000398. The summed E-state index contributed by atoms with van der Waals surface area (Å²) in [4.78, 5) is 19.5. The molecule has 0 saturated heterocycles. The molecule has 0 atom stereocenters. The van der Waals surface area contributed by atoms with Gasteiger partial charge in [-0.25, -0.2) is 18.4 Å². The number of aliphatic carboxylic acids is 1. The van der Waals surface area contributed by atoms with Gasteiger partial charge in [0.25, 0.3) is 10.0 Å². The van der Waals surface area contributed by atoms with E-state index in [4.69, 9.17) is 34.7 Å². The molecule has 0 spiro atoms. The summed E-state index contributed by atoms with van der Waals surface area (Å²) in [5, 5.41) is 10.3. The monoisotopic (exact) mass is 662 g/mol. The number of nitrogens with zero attached hydrogens (tertiary/aromatic N) is 4. The zero-order valence-corrected chi connectivity index (χ0v) is 24.4. The van der Waals surface area contributed by atoms with Crippen LogP contribution >= 0.6 is 39.1 Å². The second-order valence-corrected chi connectivity index (χ2v) is 11.8. The van der Waals surface area contributed by atoms with Crippen molar-refractivity contribution >= 4 is 83.1 Å². The van der Waals surface area contributed by atoms with Gasteiger partial charge in [-0.1, -0.05) is 23.2 Å². The summed E-state index contributed by atoms with van der Waals surface area (Å²) >= 11 is 15.1. The van der Waals surface area contributed by atoms with Gasteiger partial charge in [0.05, 0.1) is 16.1 Å². The largest absolute Gasteiger partial charge is 0.480 e. The molecule has 40 heavy (non-hydrogen) atoms. The zero-order valence-electron chi connectivity index (χ0n) is 20.4. The van der Waals surface area contributed by atoms with Crippen molar-refractivity contribution in [2.75, 3.05) is 22.3 Å². The van der Waals surface area contributed by atoms with Crippen LogP contribution in [0, 0.1) is 0 Å². The number of carbonyl (C=O) groups is 1. The van der Waals surface area contributed by atoms with Gasteiger partial charge < -0.3 is 21.1 Å². The van der Waals surface area contributed by atoms with Crippen molar-refractivity contribution in [1.29, 1.82) is 0 Å². The van der Waals surface area contributed by atoms with Gasteiger partial charge in [0.2, 0.25) is 0 Å². The molecule has 0 fully saturated rings. The molecule has 5 aromatic rings. The van der Waals surface area contributed by atoms with Crippen molar-refractivity contribution in [3.8, 4) is 5.82 Å². The molecule has 5 rings (SSSR count). The highest BCUT2D eigenvalue weighted by Gasteiger charge is 2.28. The van der Waals surface area contributed by atoms with Gasteiger partial charge in [0.1, 0.15) is 17.0 Å². The highest BCUT2D eigenvalue weighted by molar-refractivity contribution is 9.10. The number of halogens is 3. The number of aromatic nitrogens is 3. The minimum atomic E-state index is -4.27. The summed E-state index contributed by atoms with van der Waals surface area (Å²) in [6.45, 7) is -0.782. The van der Waals surface area contributed by atoms with E-state index in [1.165, 1.54) is 24.3 Å². The lowest BCUT2D eigenvalue weighted by Crippen LogP contribution is -2.35. The Bertz CT molecular complexity index is 1780. The number of hydrogen-bond donors (Lipinski definition) is 3. The predicted molar refractivity (Wildman–Crippen MR) is 160 cm³/mol. The topological polar surface area (TPSA) is 157 Å². The van der Waals surface area contributed by atoms with Gasteiger partial charge in [-0.05, 0) is 76.6 Å². The van der Waals surface area contributed by atoms with Crippen molar-refractivity contribution in [3.63, 3.8) is 0 Å². The van der Waals surface area contributed by atoms with Crippen LogP contribution in [0.15, 0.2) is 94.8 Å². The summed E-state index contributed by atoms with van der Waals surface area (Å²) in [5.74, 6) is -0.723. The fourth-order valence-electron chi connectivity index (χ4n) is 3.71. The third-order valence-electron chi connectivity index (χ3n) is 5.43. The number of sulfonamides is 1. The van der Waals surface area contributed by atoms with E-state index >= 15 is 0 Å². The molecule has 0 bridgehead atoms. The molecule has 206 valence electrons. The first-order valence-electron chi connectivity index (χ1n) is 11.3. The summed E-state index contributed by atoms with van der Waals surface area (Å²) in [5.41, 5.74) is 13.4. The average Bonchev–Trinajstić information content (AvgIpc) is 3.30. The van der Waals surface area contributed by atoms with E-state index in [1.807, 2.05) is 0 Å². The molecular formula is C26H21BrCl2N6O4S. The Labute approximate surface area is 248 Å². The second kappa shape index (κ2) is 12.1. The molecule has 3 heterocycles. The number of nitrogens with two attached hydrogens (primary N) is 2. The molecule has 0 aliphatic heterocycles. The van der Waals surface area contributed by atoms with Crippen LogP contribution < -0.4 is 15.8 Å². The maximum absolute atomic E-state index is 13.3. The predicted octanol–water partition coefficient (Wildman–Crippen LogP) is 5.62. The number of rotatable bonds is 6. The number of anilines is 3. The van der Waals surface area contributed by atoms with Crippen molar-refractivity contribution < 1.29 is 18.3 Å². The molecule has 0 aliphatic carbocycles. The molecule has 14 heteroatoms. The molecule has 0 unspecified atom stereocenters. The van der Waals surface area contributed by atoms with Gasteiger partial charge in [0.15, 0.2) is 0 Å². The molecular weight excluding hydrogens is 643 g/mol. The number of hydrogen-bond acceptors (Lipinski definition) is 7. The van der Waals surface area contributed by atoms with Gasteiger partial charge in [-0.15, -0.1) is 0 Å². The fraction of sp³-hybridized carbons (Fsp3) is 0.0385. The van der Waals surface area contributed by atoms with E-state index in [-0.39, 0.29) is 20.6 Å². The summed E-state index contributed by atoms with van der Waals surface area (Å²) in [6, 6.07) is 17.3. The van der Waals surface area contributed by atoms with Crippen molar-refractivity contribution in [2.45, 2.75) is 4.90 Å². The smallest absolute Gasteiger partial charge is 0.324 e. The number of carboxylic acid groups (broad SMARTS) is 1. The van der Waals surface area contributed by atoms with Crippen molar-refractivity contribution in [1.82, 2.24) is 14.5 Å². The normalized spacial score (nSPS) is 11.1. The Morgan fingerprint density at radius 1 is 0.925 bits per heavy atom. The van der Waals surface area contributed by atoms with Crippen LogP contribution in [-0.4, -0.2) is 40.6 Å². The Hall–Kier alpha value is -3.84. The average molecular weight is 664 g/mol. The molecule has 10 nitrogen and oxygen atoms in total. The van der Waals surface area contributed by atoms with E-state index in [2.05, 4.69) is 25.9 Å². The number of carboxylic acids is 1. The highest BCUT2D eigenvalue weighted by atomic mass is 79.9. The summed E-state index contributed by atoms with van der Waals surface area (Å²) in [6.07, 6.45) is 5.00. The van der Waals surface area contributed by atoms with E-state index in [0.29, 0.717) is 16.9 Å². The minimum absolute atomic E-state index is 0.119. The standard InChI is InChI=1S/C21H16Cl2N4O4S.C5H5BrN2/c22-14-8-15(23)10-18(9-14)32(30,31)27(12-21(28)29)17-1-2-19-13(7-17)4-6-26(19)20-11-16(24)3-5-25-20;6-5-3-4(7)1-2-8-5/h1-11H,12H2,(H2,24,25)(H,28,29);1-3H,(H2,7,8). The summed E-state index contributed by atoms with van der Waals surface area (Å²) < 4.78 is 29.9. The minimum Gasteiger partial charge on any atom is -0.480 e. The molecule has 0 radical (unpaired) electrons. The van der Waals surface area contributed by atoms with Crippen molar-refractivity contribution in [3.05, 3.63) is 100.0 Å². The summed E-state index contributed by atoms with van der Waals surface area (Å²) in [7, 11) is -4.27. The second-order valence-electron chi connectivity index (χ2n) is 8.30. The van der Waals surface area contributed by atoms with Crippen LogP contribution in [0.2, 0.25) is 10.0 Å². The van der Waals surface area contributed by atoms with Crippen LogP contribution in [0.25, 0.3) is 16.7 Å². The third-order valence-corrected chi connectivity index (χ3v) is 8.05. The van der Waals surface area contributed by atoms with Crippen LogP contribution in [0.5, 0.6) is 0 Å². The van der Waals surface area contributed by atoms with Crippen molar-refractivity contribution in [2.24, 2.45) is 0 Å². The van der Waals surface area contributed by atoms with E-state index in [9.17, 15) is 18.3 Å². The first kappa shape index (κ1) is 29.2. The maximum atomic E-state index is 13.3. The van der Waals surface area contributed by atoms with E-state index < -0.39 is 22.5 Å². The van der Waals surface area contributed by atoms with Gasteiger partial charge in [0, 0.05) is 51.5 Å². The van der Waals surface area contributed by atoms with Gasteiger partial charge in [-0.3, -0.25) is 9.10 Å². The van der Waals surface area contributed by atoms with Crippen LogP contribution in [-0.2, 0) is 14.8 Å². The van der Waals surface area contributed by atoms with Gasteiger partial charge in [-0.2, -0.15) is 0 Å². The Morgan fingerprint density at radius 3 is 2.15 bits per heavy atom. The third kappa shape index (κ3) is 6.83. The maximum Gasteiger partial charge on any atom is 0.324 e. The lowest BCUT2D eigenvalue weighted by atomic mass is 10.2. The molecule has 5 N–H and O–H groups in total. The molecule has 2 aromatic carbocycles. The van der Waals surface area contributed by atoms with Gasteiger partial charge >= 0.3 is 5.97 Å². The number of fused-ring (bicyclic) bond motifs is 1. The molecule has 0 amide bonds. The van der Waals surface area contributed by atoms with Crippen LogP contribution in [0.1, 0.15) is 0 Å².